The number of phenolic OH excluding ortho intramolecular Hbond substituents is 1. The highest BCUT2D eigenvalue weighted by molar-refractivity contribution is 6.34. The van der Waals surface area contributed by atoms with Crippen LogP contribution in [0.5, 0.6) is 5.75 Å². The second-order valence-electron chi connectivity index (χ2n) is 3.68. The summed E-state index contributed by atoms with van der Waals surface area (Å²) in [6, 6.07) is 4.94. The molecule has 16 heavy (non-hydrogen) atoms. The van der Waals surface area contributed by atoms with Crippen molar-refractivity contribution in [2.24, 2.45) is 0 Å². The fourth-order valence-electron chi connectivity index (χ4n) is 1.59. The maximum Gasteiger partial charge on any atom is 0.186 e. The number of ketones is 2. The van der Waals surface area contributed by atoms with Crippen molar-refractivity contribution in [1.29, 1.82) is 0 Å². The van der Waals surface area contributed by atoms with Crippen LogP contribution >= 0.6 is 0 Å². The second kappa shape index (κ2) is 3.77. The van der Waals surface area contributed by atoms with E-state index < -0.39 is 0 Å². The van der Waals surface area contributed by atoms with E-state index in [2.05, 4.69) is 0 Å². The minimum absolute atomic E-state index is 0.00769. The number of carbonyl (C=O) groups is 2. The van der Waals surface area contributed by atoms with Gasteiger partial charge in [-0.15, -0.1) is 0 Å². The van der Waals surface area contributed by atoms with Crippen molar-refractivity contribution < 1.29 is 14.7 Å². The minimum atomic E-state index is -0.263. The molecule has 0 bridgehead atoms. The molecule has 0 fully saturated rings. The molecule has 1 aliphatic rings. The van der Waals surface area contributed by atoms with Crippen LogP contribution in [0.2, 0.25) is 0 Å². The zero-order chi connectivity index (χ0) is 11.7. The van der Waals surface area contributed by atoms with Gasteiger partial charge in [0.1, 0.15) is 5.75 Å². The average molecular weight is 214 g/mol. The van der Waals surface area contributed by atoms with Crippen LogP contribution in [0.4, 0.5) is 0 Å². The van der Waals surface area contributed by atoms with Gasteiger partial charge in [-0.25, -0.2) is 0 Å². The number of aryl methyl sites for hydroxylation is 1. The first-order chi connectivity index (χ1) is 7.58. The molecule has 1 N–H and O–H groups in total. The Labute approximate surface area is 92.7 Å². The Morgan fingerprint density at radius 2 is 1.88 bits per heavy atom. The van der Waals surface area contributed by atoms with Crippen molar-refractivity contribution in [2.45, 2.75) is 6.92 Å². The van der Waals surface area contributed by atoms with Gasteiger partial charge in [0.25, 0.3) is 0 Å². The van der Waals surface area contributed by atoms with Gasteiger partial charge < -0.3 is 5.11 Å². The number of benzene rings is 1. The van der Waals surface area contributed by atoms with E-state index in [-0.39, 0.29) is 22.9 Å². The molecule has 0 amide bonds. The van der Waals surface area contributed by atoms with Gasteiger partial charge >= 0.3 is 0 Å². The van der Waals surface area contributed by atoms with E-state index in [4.69, 9.17) is 0 Å². The molecule has 0 aliphatic heterocycles. The largest absolute Gasteiger partial charge is 0.507 e. The highest BCUT2D eigenvalue weighted by Gasteiger charge is 2.17. The van der Waals surface area contributed by atoms with Crippen LogP contribution in [0.15, 0.2) is 36.4 Å². The van der Waals surface area contributed by atoms with Gasteiger partial charge in [0.05, 0.1) is 0 Å². The first-order valence-electron chi connectivity index (χ1n) is 4.86. The number of rotatable bonds is 1. The zero-order valence-corrected chi connectivity index (χ0v) is 8.73. The Balaban J connectivity index is 2.56. The van der Waals surface area contributed by atoms with Crippen LogP contribution in [0.25, 0.3) is 5.57 Å². The molecular weight excluding hydrogens is 204 g/mol. The Hall–Kier alpha value is -2.16. The van der Waals surface area contributed by atoms with Crippen LogP contribution in [0.1, 0.15) is 11.1 Å². The first-order valence-corrected chi connectivity index (χ1v) is 4.86. The van der Waals surface area contributed by atoms with E-state index in [0.29, 0.717) is 5.56 Å². The van der Waals surface area contributed by atoms with Gasteiger partial charge in [-0.05, 0) is 37.3 Å². The molecule has 0 heterocycles. The molecule has 0 aromatic heterocycles. The lowest BCUT2D eigenvalue weighted by Gasteiger charge is -2.09. The van der Waals surface area contributed by atoms with E-state index in [0.717, 1.165) is 5.56 Å². The average Bonchev–Trinajstić information content (AvgIpc) is 2.25. The summed E-state index contributed by atoms with van der Waals surface area (Å²) in [6.07, 6.45) is 3.69. The Bertz CT molecular complexity index is 536. The van der Waals surface area contributed by atoms with Crippen molar-refractivity contribution in [3.05, 3.63) is 47.6 Å². The summed E-state index contributed by atoms with van der Waals surface area (Å²) in [4.78, 5) is 22.8. The second-order valence-corrected chi connectivity index (χ2v) is 3.68. The molecule has 80 valence electrons. The standard InChI is InChI=1S/C13H10O3/c1-8-2-4-12(15)10(6-8)11-7-9(14)3-5-13(11)16/h2-7,15H,1H3. The van der Waals surface area contributed by atoms with Crippen LogP contribution < -0.4 is 0 Å². The fraction of sp³-hybridized carbons (Fsp3) is 0.0769. The Kier molecular flexibility index (Phi) is 2.44. The molecule has 0 saturated heterocycles. The highest BCUT2D eigenvalue weighted by Crippen LogP contribution is 2.28. The van der Waals surface area contributed by atoms with Gasteiger partial charge in [-0.1, -0.05) is 11.6 Å². The molecule has 0 spiro atoms. The van der Waals surface area contributed by atoms with E-state index in [1.165, 1.54) is 24.3 Å². The third-order valence-electron chi connectivity index (χ3n) is 2.39. The summed E-state index contributed by atoms with van der Waals surface area (Å²) in [5.74, 6) is -0.496. The molecule has 1 aliphatic carbocycles. The van der Waals surface area contributed by atoms with Crippen LogP contribution in [0, 0.1) is 6.92 Å². The molecule has 0 atom stereocenters. The number of allylic oxidation sites excluding steroid dienone is 4. The highest BCUT2D eigenvalue weighted by atomic mass is 16.3. The van der Waals surface area contributed by atoms with Crippen molar-refractivity contribution in [1.82, 2.24) is 0 Å². The minimum Gasteiger partial charge on any atom is -0.507 e. The predicted molar refractivity (Wildman–Crippen MR) is 60.0 cm³/mol. The molecule has 3 nitrogen and oxygen atoms in total. The summed E-state index contributed by atoms with van der Waals surface area (Å²) in [6.45, 7) is 1.86. The van der Waals surface area contributed by atoms with E-state index in [1.54, 1.807) is 12.1 Å². The Morgan fingerprint density at radius 3 is 2.62 bits per heavy atom. The maximum absolute atomic E-state index is 11.6. The van der Waals surface area contributed by atoms with Gasteiger partial charge in [0.2, 0.25) is 0 Å². The summed E-state index contributed by atoms with van der Waals surface area (Å²) >= 11 is 0. The molecule has 2 rings (SSSR count). The molecule has 0 unspecified atom stereocenters. The maximum atomic E-state index is 11.6. The van der Waals surface area contributed by atoms with E-state index >= 15 is 0 Å². The number of hydrogen-bond acceptors (Lipinski definition) is 3. The zero-order valence-electron chi connectivity index (χ0n) is 8.73. The molecule has 1 aromatic rings. The summed E-state index contributed by atoms with van der Waals surface area (Å²) < 4.78 is 0. The normalized spacial score (nSPS) is 15.2. The van der Waals surface area contributed by atoms with E-state index in [9.17, 15) is 14.7 Å². The quantitative estimate of drug-likeness (QED) is 0.725. The molecule has 0 radical (unpaired) electrons. The van der Waals surface area contributed by atoms with Crippen LogP contribution in [-0.2, 0) is 9.59 Å². The number of phenols is 1. The number of aromatic hydroxyl groups is 1. The SMILES string of the molecule is Cc1ccc(O)c(C2=CC(=O)C=CC2=O)c1. The molecule has 3 heteroatoms. The van der Waals surface area contributed by atoms with E-state index in [1.807, 2.05) is 6.92 Å². The van der Waals surface area contributed by atoms with Gasteiger partial charge in [0.15, 0.2) is 11.6 Å². The van der Waals surface area contributed by atoms with Crippen molar-refractivity contribution in [2.75, 3.05) is 0 Å². The van der Waals surface area contributed by atoms with Gasteiger partial charge in [0, 0.05) is 11.1 Å². The van der Waals surface area contributed by atoms with Crippen LogP contribution in [-0.4, -0.2) is 16.7 Å². The predicted octanol–water partition coefficient (Wildman–Crippen LogP) is 1.79. The lowest BCUT2D eigenvalue weighted by Crippen LogP contribution is -2.06. The van der Waals surface area contributed by atoms with Crippen molar-refractivity contribution >= 4 is 17.1 Å². The lowest BCUT2D eigenvalue weighted by atomic mass is 9.94. The fourth-order valence-corrected chi connectivity index (χ4v) is 1.59. The van der Waals surface area contributed by atoms with Crippen LogP contribution in [0.3, 0.4) is 0 Å². The first kappa shape index (κ1) is 10.4. The molecular formula is C13H10O3. The summed E-state index contributed by atoms with van der Waals surface area (Å²) in [5, 5.41) is 9.66. The smallest absolute Gasteiger partial charge is 0.186 e. The van der Waals surface area contributed by atoms with Gasteiger partial charge in [-0.3, -0.25) is 9.59 Å². The summed E-state index contributed by atoms with van der Waals surface area (Å²) in [7, 11) is 0. The lowest BCUT2D eigenvalue weighted by molar-refractivity contribution is -0.113. The monoisotopic (exact) mass is 214 g/mol. The molecule has 1 aromatic carbocycles. The summed E-state index contributed by atoms with van der Waals surface area (Å²) in [5.41, 5.74) is 1.57. The van der Waals surface area contributed by atoms with Crippen molar-refractivity contribution in [3.8, 4) is 5.75 Å². The van der Waals surface area contributed by atoms with Gasteiger partial charge in [-0.2, -0.15) is 0 Å². The third kappa shape index (κ3) is 1.80. The third-order valence-corrected chi connectivity index (χ3v) is 2.39. The number of hydrogen-bond donors (Lipinski definition) is 1. The topological polar surface area (TPSA) is 54.4 Å². The Morgan fingerprint density at radius 1 is 1.12 bits per heavy atom. The molecule has 0 saturated carbocycles. The number of carbonyl (C=O) groups excluding carboxylic acids is 2. The van der Waals surface area contributed by atoms with Crippen molar-refractivity contribution in [3.63, 3.8) is 0 Å².